The lowest BCUT2D eigenvalue weighted by molar-refractivity contribution is -0.154. The maximum Gasteiger partial charge on any atom is 0.422 e. The molecule has 0 atom stereocenters. The van der Waals surface area contributed by atoms with Crippen LogP contribution in [0.1, 0.15) is 16.1 Å². The minimum absolute atomic E-state index is 0.0547. The normalized spacial score (nSPS) is 11.3. The van der Waals surface area contributed by atoms with Gasteiger partial charge in [-0.25, -0.2) is 9.78 Å². The van der Waals surface area contributed by atoms with Gasteiger partial charge in [-0.05, 0) is 18.2 Å². The molecule has 3 rings (SSSR count). The molecule has 3 heterocycles. The molecule has 0 aliphatic rings. The molecular weight excluding hydrogens is 357 g/mol. The zero-order chi connectivity index (χ0) is 18.6. The Morgan fingerprint density at radius 2 is 2.04 bits per heavy atom. The molecule has 0 amide bonds. The molecule has 0 saturated heterocycles. The highest BCUT2D eigenvalue weighted by molar-refractivity contribution is 5.89. The molecule has 7 nitrogen and oxygen atoms in total. The average molecular weight is 368 g/mol. The fourth-order valence-electron chi connectivity index (χ4n) is 1.88. The van der Waals surface area contributed by atoms with Gasteiger partial charge in [-0.1, -0.05) is 5.16 Å². The summed E-state index contributed by atoms with van der Waals surface area (Å²) in [5, 5.41) is 3.74. The largest absolute Gasteiger partial charge is 0.468 e. The highest BCUT2D eigenvalue weighted by atomic mass is 19.4. The van der Waals surface area contributed by atoms with Gasteiger partial charge in [0.05, 0.1) is 11.8 Å². The molecular formula is C16H11F3N2O5. The second-order valence-corrected chi connectivity index (χ2v) is 5.02. The van der Waals surface area contributed by atoms with E-state index in [0.29, 0.717) is 17.2 Å². The molecule has 0 unspecified atom stereocenters. The van der Waals surface area contributed by atoms with E-state index in [2.05, 4.69) is 14.9 Å². The van der Waals surface area contributed by atoms with Crippen LogP contribution in [0.5, 0.6) is 5.88 Å². The molecule has 26 heavy (non-hydrogen) atoms. The fourth-order valence-corrected chi connectivity index (χ4v) is 1.88. The Morgan fingerprint density at radius 3 is 2.69 bits per heavy atom. The molecule has 0 saturated carbocycles. The van der Waals surface area contributed by atoms with E-state index in [9.17, 15) is 18.0 Å². The number of hydrogen-bond acceptors (Lipinski definition) is 7. The summed E-state index contributed by atoms with van der Waals surface area (Å²) in [5.74, 6) is -0.108. The number of alkyl halides is 3. The Hall–Kier alpha value is -3.30. The summed E-state index contributed by atoms with van der Waals surface area (Å²) < 4.78 is 55.9. The second-order valence-electron chi connectivity index (χ2n) is 5.02. The van der Waals surface area contributed by atoms with Crippen molar-refractivity contribution in [1.29, 1.82) is 0 Å². The average Bonchev–Trinajstić information content (AvgIpc) is 3.29. The van der Waals surface area contributed by atoms with Crippen LogP contribution in [0, 0.1) is 0 Å². The summed E-state index contributed by atoms with van der Waals surface area (Å²) in [6.07, 6.45) is -1.93. The van der Waals surface area contributed by atoms with Gasteiger partial charge >= 0.3 is 12.1 Å². The quantitative estimate of drug-likeness (QED) is 0.614. The summed E-state index contributed by atoms with van der Waals surface area (Å²) >= 11 is 0. The van der Waals surface area contributed by atoms with Gasteiger partial charge < -0.3 is 18.4 Å². The van der Waals surface area contributed by atoms with E-state index in [0.717, 1.165) is 12.3 Å². The summed E-state index contributed by atoms with van der Waals surface area (Å²) in [7, 11) is 0. The van der Waals surface area contributed by atoms with Crippen LogP contribution < -0.4 is 4.74 Å². The van der Waals surface area contributed by atoms with Gasteiger partial charge in [0.25, 0.3) is 0 Å². The minimum Gasteiger partial charge on any atom is -0.468 e. The van der Waals surface area contributed by atoms with E-state index in [1.54, 1.807) is 18.2 Å². The summed E-state index contributed by atoms with van der Waals surface area (Å²) in [6.45, 7) is -1.62. The first-order chi connectivity index (χ1) is 12.4. The molecule has 0 fully saturated rings. The molecule has 10 heteroatoms. The third-order valence-corrected chi connectivity index (χ3v) is 3.03. The number of ether oxygens (including phenoxy) is 2. The number of esters is 1. The predicted molar refractivity (Wildman–Crippen MR) is 79.1 cm³/mol. The van der Waals surface area contributed by atoms with Crippen LogP contribution >= 0.6 is 0 Å². The number of carbonyl (C=O) groups excluding carboxylic acids is 1. The van der Waals surface area contributed by atoms with Crippen LogP contribution in [0.2, 0.25) is 0 Å². The number of furan rings is 1. The highest BCUT2D eigenvalue weighted by Crippen LogP contribution is 2.21. The first kappa shape index (κ1) is 17.5. The Morgan fingerprint density at radius 1 is 1.19 bits per heavy atom. The number of carbonyl (C=O) groups is 1. The summed E-state index contributed by atoms with van der Waals surface area (Å²) in [6, 6.07) is 7.32. The van der Waals surface area contributed by atoms with Crippen molar-refractivity contribution in [2.24, 2.45) is 0 Å². The topological polar surface area (TPSA) is 87.6 Å². The Balaban J connectivity index is 1.53. The number of hydrogen-bond donors (Lipinski definition) is 0. The monoisotopic (exact) mass is 368 g/mol. The molecule has 136 valence electrons. The Labute approximate surface area is 144 Å². The van der Waals surface area contributed by atoms with Crippen molar-refractivity contribution in [3.8, 4) is 17.4 Å². The van der Waals surface area contributed by atoms with Gasteiger partial charge in [-0.3, -0.25) is 0 Å². The molecule has 3 aromatic heterocycles. The predicted octanol–water partition coefficient (Wildman–Crippen LogP) is 3.63. The van der Waals surface area contributed by atoms with Crippen molar-refractivity contribution in [2.75, 3.05) is 6.61 Å². The van der Waals surface area contributed by atoms with Crippen molar-refractivity contribution in [3.63, 3.8) is 0 Å². The van der Waals surface area contributed by atoms with E-state index in [4.69, 9.17) is 13.7 Å². The highest BCUT2D eigenvalue weighted by Gasteiger charge is 2.28. The van der Waals surface area contributed by atoms with Crippen molar-refractivity contribution in [1.82, 2.24) is 10.1 Å². The van der Waals surface area contributed by atoms with E-state index in [-0.39, 0.29) is 18.1 Å². The molecule has 3 aromatic rings. The number of rotatable bonds is 6. The molecule has 0 aliphatic heterocycles. The number of aromatic nitrogens is 2. The van der Waals surface area contributed by atoms with Gasteiger partial charge in [0, 0.05) is 18.3 Å². The lowest BCUT2D eigenvalue weighted by Crippen LogP contribution is -2.19. The lowest BCUT2D eigenvalue weighted by atomic mass is 10.3. The van der Waals surface area contributed by atoms with E-state index in [1.807, 2.05) is 0 Å². The second kappa shape index (κ2) is 7.30. The third-order valence-electron chi connectivity index (χ3n) is 3.03. The van der Waals surface area contributed by atoms with Crippen LogP contribution in [-0.2, 0) is 11.3 Å². The van der Waals surface area contributed by atoms with Crippen molar-refractivity contribution in [3.05, 3.63) is 54.0 Å². The summed E-state index contributed by atoms with van der Waals surface area (Å²) in [5.41, 5.74) is 0.418. The van der Waals surface area contributed by atoms with Gasteiger partial charge in [0.1, 0.15) is 12.3 Å². The molecule has 0 spiro atoms. The van der Waals surface area contributed by atoms with Crippen LogP contribution in [0.4, 0.5) is 13.2 Å². The fraction of sp³-hybridized carbons (Fsp3) is 0.188. The maximum atomic E-state index is 12.1. The van der Waals surface area contributed by atoms with E-state index < -0.39 is 18.8 Å². The molecule has 0 radical (unpaired) electrons. The number of nitrogens with zero attached hydrogens (tertiary/aromatic N) is 2. The van der Waals surface area contributed by atoms with Crippen LogP contribution in [0.15, 0.2) is 51.7 Å². The molecule has 0 aliphatic carbocycles. The van der Waals surface area contributed by atoms with Crippen LogP contribution in [0.3, 0.4) is 0 Å². The zero-order valence-electron chi connectivity index (χ0n) is 13.0. The Bertz CT molecular complexity index is 857. The van der Waals surface area contributed by atoms with Crippen LogP contribution in [-0.4, -0.2) is 28.9 Å². The maximum absolute atomic E-state index is 12.1. The SMILES string of the molecule is O=C(OCc1cc(-c2ccco2)on1)c1ccc(OCC(F)(F)F)nc1. The van der Waals surface area contributed by atoms with E-state index in [1.165, 1.54) is 12.3 Å². The Kier molecular flexibility index (Phi) is 4.92. The minimum atomic E-state index is -4.47. The smallest absolute Gasteiger partial charge is 0.422 e. The molecule has 0 bridgehead atoms. The van der Waals surface area contributed by atoms with Gasteiger partial charge in [0.2, 0.25) is 11.6 Å². The number of halogens is 3. The lowest BCUT2D eigenvalue weighted by Gasteiger charge is -2.08. The zero-order valence-corrected chi connectivity index (χ0v) is 13.0. The first-order valence-electron chi connectivity index (χ1n) is 7.23. The molecule has 0 N–H and O–H groups in total. The van der Waals surface area contributed by atoms with Gasteiger partial charge in [-0.2, -0.15) is 13.2 Å². The molecule has 0 aromatic carbocycles. The van der Waals surface area contributed by atoms with Crippen molar-refractivity contribution in [2.45, 2.75) is 12.8 Å². The summed E-state index contributed by atoms with van der Waals surface area (Å²) in [4.78, 5) is 15.5. The van der Waals surface area contributed by atoms with Crippen molar-refractivity contribution >= 4 is 5.97 Å². The van der Waals surface area contributed by atoms with Crippen LogP contribution in [0.25, 0.3) is 11.5 Å². The van der Waals surface area contributed by atoms with Gasteiger partial charge in [-0.15, -0.1) is 0 Å². The van der Waals surface area contributed by atoms with Crippen molar-refractivity contribution < 1.29 is 36.4 Å². The van der Waals surface area contributed by atoms with E-state index >= 15 is 0 Å². The third kappa shape index (κ3) is 4.62. The standard InChI is InChI=1S/C16H11F3N2O5/c17-16(18,19)9-25-14-4-3-10(7-20-14)15(22)24-8-11-6-13(26-21-11)12-2-1-5-23-12/h1-7H,8-9H2. The number of pyridine rings is 1. The first-order valence-corrected chi connectivity index (χ1v) is 7.23. The van der Waals surface area contributed by atoms with Gasteiger partial charge in [0.15, 0.2) is 12.4 Å².